The molecule has 1 aromatic carbocycles. The molecule has 45 heavy (non-hydrogen) atoms. The molecule has 4 aliphatic rings. The van der Waals surface area contributed by atoms with E-state index in [1.165, 1.54) is 6.07 Å². The van der Waals surface area contributed by atoms with Crippen molar-refractivity contribution in [3.63, 3.8) is 0 Å². The number of piperidine rings is 1. The molecule has 6 rings (SSSR count). The van der Waals surface area contributed by atoms with Crippen molar-refractivity contribution in [2.24, 2.45) is 5.92 Å². The van der Waals surface area contributed by atoms with E-state index >= 15 is 0 Å². The van der Waals surface area contributed by atoms with Gasteiger partial charge in [0.15, 0.2) is 0 Å². The molecular weight excluding hydrogens is 573 g/mol. The average molecular weight is 622 g/mol. The van der Waals surface area contributed by atoms with Gasteiger partial charge in [-0.25, -0.2) is 9.49 Å². The molecule has 2 N–H and O–H groups in total. The lowest BCUT2D eigenvalue weighted by Crippen LogP contribution is -2.53. The second kappa shape index (κ2) is 15.7. The molecule has 0 atom stereocenters. The Morgan fingerprint density at radius 3 is 2.27 bits per heavy atom. The number of carbonyl (C=O) groups is 2. The standard InChI is InChI=1S/C32H42FN7O3.C2H6/c33-28-6-5-24(20-29-25-3-1-2-4-26(25)31(42)36-35-29)19-27(28)32(43)40-17-15-39(16-18-40)30(41)22-37-11-7-23(8-12-37)21-38-13-9-34-10-14-38;1-2/h3-6,19,23,34H,1-2,7-18,20-22H2,(H,36,42);1-2H3. The number of hydrogen-bond donors (Lipinski definition) is 2. The maximum atomic E-state index is 14.9. The van der Waals surface area contributed by atoms with Crippen molar-refractivity contribution in [2.75, 3.05) is 78.5 Å². The molecule has 3 aliphatic heterocycles. The maximum Gasteiger partial charge on any atom is 0.271 e. The zero-order chi connectivity index (χ0) is 31.8. The summed E-state index contributed by atoms with van der Waals surface area (Å²) in [5.74, 6) is -0.127. The number of H-pyrrole nitrogens is 1. The lowest BCUT2D eigenvalue weighted by molar-refractivity contribution is -0.134. The highest BCUT2D eigenvalue weighted by molar-refractivity contribution is 5.95. The Morgan fingerprint density at radius 2 is 1.56 bits per heavy atom. The van der Waals surface area contributed by atoms with Gasteiger partial charge in [0, 0.05) is 75.8 Å². The minimum atomic E-state index is -0.566. The van der Waals surface area contributed by atoms with Crippen molar-refractivity contribution in [3.05, 3.63) is 61.6 Å². The van der Waals surface area contributed by atoms with E-state index in [0.29, 0.717) is 56.0 Å². The Bertz CT molecular complexity index is 1500. The fourth-order valence-corrected chi connectivity index (χ4v) is 6.78. The van der Waals surface area contributed by atoms with Gasteiger partial charge in [0.05, 0.1) is 17.8 Å². The summed E-state index contributed by atoms with van der Waals surface area (Å²) in [6.07, 6.45) is 8.20. The van der Waals surface area contributed by atoms with Crippen LogP contribution in [0.25, 0.3) is 12.2 Å². The Kier molecular flexibility index (Phi) is 11.5. The second-order valence-electron chi connectivity index (χ2n) is 12.2. The molecule has 10 nitrogen and oxygen atoms in total. The van der Waals surface area contributed by atoms with Crippen LogP contribution in [0, 0.1) is 11.7 Å². The number of halogens is 1. The molecule has 11 heteroatoms. The fourth-order valence-electron chi connectivity index (χ4n) is 6.78. The monoisotopic (exact) mass is 621 g/mol. The summed E-state index contributed by atoms with van der Waals surface area (Å²) in [5, 5.41) is 11.6. The molecule has 0 radical (unpaired) electrons. The third-order valence-electron chi connectivity index (χ3n) is 9.35. The van der Waals surface area contributed by atoms with Crippen LogP contribution in [0.1, 0.15) is 61.1 Å². The van der Waals surface area contributed by atoms with Crippen LogP contribution in [0.15, 0.2) is 23.0 Å². The third-order valence-corrected chi connectivity index (χ3v) is 9.35. The van der Waals surface area contributed by atoms with Gasteiger partial charge in [-0.05, 0) is 62.4 Å². The van der Waals surface area contributed by atoms with Crippen molar-refractivity contribution >= 4 is 24.0 Å². The quantitative estimate of drug-likeness (QED) is 0.471. The largest absolute Gasteiger partial charge is 0.338 e. The molecule has 0 spiro atoms. The van der Waals surface area contributed by atoms with E-state index in [1.807, 2.05) is 30.9 Å². The molecule has 3 fully saturated rings. The highest BCUT2D eigenvalue weighted by atomic mass is 19.1. The lowest BCUT2D eigenvalue weighted by atomic mass is 9.96. The van der Waals surface area contributed by atoms with E-state index in [9.17, 15) is 18.8 Å². The van der Waals surface area contributed by atoms with Crippen molar-refractivity contribution in [1.82, 2.24) is 35.1 Å². The number of carbonyl (C=O) groups excluding carboxylic acids is 2. The van der Waals surface area contributed by atoms with Gasteiger partial charge in [-0.1, -0.05) is 32.1 Å². The normalized spacial score (nSPS) is 19.5. The van der Waals surface area contributed by atoms with E-state index in [-0.39, 0.29) is 22.9 Å². The van der Waals surface area contributed by atoms with Gasteiger partial charge in [0.2, 0.25) is 5.91 Å². The summed E-state index contributed by atoms with van der Waals surface area (Å²) >= 11 is 0. The molecule has 0 unspecified atom stereocenters. The van der Waals surface area contributed by atoms with Gasteiger partial charge in [0.1, 0.15) is 5.82 Å². The van der Waals surface area contributed by atoms with Gasteiger partial charge in [-0.2, -0.15) is 5.10 Å². The van der Waals surface area contributed by atoms with Crippen LogP contribution in [0.3, 0.4) is 0 Å². The van der Waals surface area contributed by atoms with Crippen LogP contribution in [-0.4, -0.2) is 120 Å². The van der Waals surface area contributed by atoms with Crippen LogP contribution in [0.4, 0.5) is 4.39 Å². The van der Waals surface area contributed by atoms with Crippen molar-refractivity contribution in [1.29, 1.82) is 0 Å². The Labute approximate surface area is 264 Å². The number of amides is 2. The molecule has 0 saturated carbocycles. The number of aromatic nitrogens is 2. The van der Waals surface area contributed by atoms with E-state index in [4.69, 9.17) is 0 Å². The third kappa shape index (κ3) is 8.25. The Balaban J connectivity index is 0.00000196. The molecular formula is C34H48FN7O3. The Hall–Kier alpha value is -3.41. The summed E-state index contributed by atoms with van der Waals surface area (Å²) in [6, 6.07) is 4.57. The summed E-state index contributed by atoms with van der Waals surface area (Å²) < 4.78 is 14.9. The number of rotatable bonds is 7. The van der Waals surface area contributed by atoms with Crippen molar-refractivity contribution in [3.8, 4) is 0 Å². The topological polar surface area (TPSA) is 105 Å². The van der Waals surface area contributed by atoms with Crippen LogP contribution < -0.4 is 21.3 Å². The highest BCUT2D eigenvalue weighted by Crippen LogP contribution is 2.20. The van der Waals surface area contributed by atoms with Gasteiger partial charge in [0.25, 0.3) is 11.5 Å². The summed E-state index contributed by atoms with van der Waals surface area (Å²) in [4.78, 5) is 46.9. The predicted octanol–water partition coefficient (Wildman–Crippen LogP) is 0.782. The van der Waals surface area contributed by atoms with Crippen LogP contribution in [0.2, 0.25) is 0 Å². The highest BCUT2D eigenvalue weighted by Gasteiger charge is 2.29. The number of fused-ring (bicyclic) bond motifs is 1. The molecule has 0 bridgehead atoms. The molecule has 244 valence electrons. The maximum absolute atomic E-state index is 14.9. The van der Waals surface area contributed by atoms with E-state index in [1.54, 1.807) is 17.0 Å². The SMILES string of the molecule is CC.O=C(CN1CCC(CN2CCNCC2)CC1)N1CCN(C(=O)c2cc(Cc3n[nH]c(=O)c4c3=CCCC=4)ccc2F)CC1. The molecule has 1 aromatic heterocycles. The lowest BCUT2D eigenvalue weighted by Gasteiger charge is -2.38. The first-order valence-electron chi connectivity index (χ1n) is 16.7. The van der Waals surface area contributed by atoms with Crippen molar-refractivity contribution < 1.29 is 14.0 Å². The Morgan fingerprint density at radius 1 is 0.889 bits per heavy atom. The van der Waals surface area contributed by atoms with Crippen LogP contribution in [0.5, 0.6) is 0 Å². The van der Waals surface area contributed by atoms with Gasteiger partial charge >= 0.3 is 0 Å². The zero-order valence-corrected chi connectivity index (χ0v) is 26.8. The van der Waals surface area contributed by atoms with E-state index in [2.05, 4.69) is 25.3 Å². The summed E-state index contributed by atoms with van der Waals surface area (Å²) in [6.45, 7) is 13.5. The minimum absolute atomic E-state index is 0.0230. The molecule has 4 heterocycles. The van der Waals surface area contributed by atoms with E-state index in [0.717, 1.165) is 82.3 Å². The van der Waals surface area contributed by atoms with Crippen LogP contribution in [-0.2, 0) is 11.2 Å². The number of piperazine rings is 2. The summed E-state index contributed by atoms with van der Waals surface area (Å²) in [5.41, 5.74) is 1.26. The number of benzene rings is 1. The van der Waals surface area contributed by atoms with Crippen LogP contribution >= 0.6 is 0 Å². The molecule has 2 amide bonds. The molecule has 1 aliphatic carbocycles. The minimum Gasteiger partial charge on any atom is -0.338 e. The van der Waals surface area contributed by atoms with Gasteiger partial charge in [-0.15, -0.1) is 0 Å². The number of hydrogen-bond acceptors (Lipinski definition) is 7. The second-order valence-corrected chi connectivity index (χ2v) is 12.2. The first-order chi connectivity index (χ1) is 21.9. The summed E-state index contributed by atoms with van der Waals surface area (Å²) in [7, 11) is 0. The zero-order valence-electron chi connectivity index (χ0n) is 26.8. The first-order valence-corrected chi connectivity index (χ1v) is 16.7. The van der Waals surface area contributed by atoms with Crippen molar-refractivity contribution in [2.45, 2.75) is 46.0 Å². The average Bonchev–Trinajstić information content (AvgIpc) is 3.09. The number of nitrogens with one attached hydrogen (secondary N) is 2. The number of aromatic amines is 1. The molecule has 3 saturated heterocycles. The first kappa shape index (κ1) is 33.0. The van der Waals surface area contributed by atoms with Gasteiger partial charge < -0.3 is 20.0 Å². The van der Waals surface area contributed by atoms with E-state index < -0.39 is 5.82 Å². The fraction of sp³-hybridized carbons (Fsp3) is 0.588. The number of nitrogens with zero attached hydrogens (tertiary/aromatic N) is 5. The predicted molar refractivity (Wildman–Crippen MR) is 174 cm³/mol. The molecule has 2 aromatic rings. The smallest absolute Gasteiger partial charge is 0.271 e. The van der Waals surface area contributed by atoms with Gasteiger partial charge in [-0.3, -0.25) is 19.3 Å². The number of likely N-dealkylation sites (tertiary alicyclic amines) is 1.